The molecule has 0 bridgehead atoms. The summed E-state index contributed by atoms with van der Waals surface area (Å²) in [6.45, 7) is 6.06. The summed E-state index contributed by atoms with van der Waals surface area (Å²) in [5.41, 5.74) is 3.03. The van der Waals surface area contributed by atoms with E-state index in [1.807, 2.05) is 39.1 Å². The van der Waals surface area contributed by atoms with Crippen molar-refractivity contribution in [1.29, 1.82) is 0 Å². The molecule has 3 heterocycles. The molecule has 1 unspecified atom stereocenters. The molecule has 0 saturated heterocycles. The number of thiophene rings is 1. The van der Waals surface area contributed by atoms with E-state index in [-0.39, 0.29) is 17.4 Å². The molecule has 4 aromatic rings. The van der Waals surface area contributed by atoms with Gasteiger partial charge in [-0.2, -0.15) is 5.10 Å². The Kier molecular flexibility index (Phi) is 4.47. The number of fused-ring (bicyclic) bond motifs is 4. The van der Waals surface area contributed by atoms with Gasteiger partial charge < -0.3 is 10.6 Å². The van der Waals surface area contributed by atoms with Crippen LogP contribution in [0.3, 0.4) is 0 Å². The summed E-state index contributed by atoms with van der Waals surface area (Å²) in [5, 5.41) is 15.8. The van der Waals surface area contributed by atoms with Gasteiger partial charge in [0, 0.05) is 27.4 Å². The standard InChI is InChI=1S/C22H24N6OS/c1-22(2,3)27-20(29)12-4-6-15-17(9-12)30-21-18(15)19(23-11-24-21)26-14-5-7-16-13(8-14)10-25-28-16/h5,7-8,10-12H,4,6,9H2,1-3H3,(H,25,28)(H,27,29)(H,23,24,26). The first-order chi connectivity index (χ1) is 14.4. The maximum atomic E-state index is 12.7. The zero-order valence-electron chi connectivity index (χ0n) is 17.2. The number of amides is 1. The Morgan fingerprint density at radius 3 is 2.97 bits per heavy atom. The minimum atomic E-state index is -0.212. The fraction of sp³-hybridized carbons (Fsp3) is 0.364. The molecule has 0 fully saturated rings. The number of aromatic nitrogens is 4. The van der Waals surface area contributed by atoms with Crippen LogP contribution in [0.25, 0.3) is 21.1 Å². The third-order valence-electron chi connectivity index (χ3n) is 5.42. The maximum absolute atomic E-state index is 12.7. The molecule has 5 rings (SSSR count). The second kappa shape index (κ2) is 7.05. The Morgan fingerprint density at radius 2 is 2.13 bits per heavy atom. The number of aryl methyl sites for hydroxylation is 1. The third-order valence-corrected chi connectivity index (χ3v) is 6.58. The number of carbonyl (C=O) groups is 1. The van der Waals surface area contributed by atoms with Crippen molar-refractivity contribution in [1.82, 2.24) is 25.5 Å². The average molecular weight is 421 g/mol. The molecule has 0 spiro atoms. The first-order valence-electron chi connectivity index (χ1n) is 10.1. The predicted molar refractivity (Wildman–Crippen MR) is 120 cm³/mol. The number of benzene rings is 1. The number of H-pyrrole nitrogens is 1. The maximum Gasteiger partial charge on any atom is 0.223 e. The highest BCUT2D eigenvalue weighted by atomic mass is 32.1. The lowest BCUT2D eigenvalue weighted by Crippen LogP contribution is -2.45. The molecule has 0 saturated carbocycles. The van der Waals surface area contributed by atoms with Gasteiger partial charge in [-0.25, -0.2) is 9.97 Å². The number of anilines is 2. The van der Waals surface area contributed by atoms with Crippen molar-refractivity contribution in [3.63, 3.8) is 0 Å². The van der Waals surface area contributed by atoms with Gasteiger partial charge in [0.2, 0.25) is 5.91 Å². The van der Waals surface area contributed by atoms with Crippen molar-refractivity contribution < 1.29 is 4.79 Å². The van der Waals surface area contributed by atoms with E-state index < -0.39 is 0 Å². The summed E-state index contributed by atoms with van der Waals surface area (Å²) >= 11 is 1.68. The molecule has 0 aliphatic heterocycles. The van der Waals surface area contributed by atoms with Gasteiger partial charge in [0.15, 0.2) is 0 Å². The normalized spacial score (nSPS) is 16.6. The van der Waals surface area contributed by atoms with E-state index in [1.165, 1.54) is 10.4 Å². The van der Waals surface area contributed by atoms with Crippen LogP contribution in [-0.2, 0) is 17.6 Å². The highest BCUT2D eigenvalue weighted by Crippen LogP contribution is 2.40. The SMILES string of the molecule is CC(C)(C)NC(=O)C1CCc2c(sc3ncnc(Nc4ccc5[nH]ncc5c4)c23)C1. The van der Waals surface area contributed by atoms with E-state index in [0.29, 0.717) is 0 Å². The van der Waals surface area contributed by atoms with Gasteiger partial charge in [-0.05, 0) is 63.8 Å². The Morgan fingerprint density at radius 1 is 1.27 bits per heavy atom. The molecule has 1 aliphatic rings. The Hall–Kier alpha value is -3.00. The lowest BCUT2D eigenvalue weighted by Gasteiger charge is -2.27. The number of hydrogen-bond acceptors (Lipinski definition) is 6. The second-order valence-electron chi connectivity index (χ2n) is 8.88. The van der Waals surface area contributed by atoms with Crippen molar-refractivity contribution in [2.45, 2.75) is 45.6 Å². The van der Waals surface area contributed by atoms with Crippen LogP contribution in [0.2, 0.25) is 0 Å². The first kappa shape index (κ1) is 19.0. The van der Waals surface area contributed by atoms with Crippen molar-refractivity contribution in [3.8, 4) is 0 Å². The molecule has 3 aromatic heterocycles. The number of rotatable bonds is 3. The third kappa shape index (κ3) is 3.52. The minimum absolute atomic E-state index is 0.0117. The molecular formula is C22H24N6OS. The number of hydrogen-bond donors (Lipinski definition) is 3. The van der Waals surface area contributed by atoms with Crippen molar-refractivity contribution in [2.75, 3.05) is 5.32 Å². The van der Waals surface area contributed by atoms with Gasteiger partial charge in [0.1, 0.15) is 17.0 Å². The van der Waals surface area contributed by atoms with Gasteiger partial charge in [-0.1, -0.05) is 0 Å². The zero-order chi connectivity index (χ0) is 20.9. The Labute approximate surface area is 178 Å². The van der Waals surface area contributed by atoms with Crippen molar-refractivity contribution >= 4 is 49.9 Å². The number of nitrogens with one attached hydrogen (secondary N) is 3. The molecular weight excluding hydrogens is 396 g/mol. The van der Waals surface area contributed by atoms with Gasteiger partial charge in [0.25, 0.3) is 0 Å². The minimum Gasteiger partial charge on any atom is -0.351 e. The molecule has 7 nitrogen and oxygen atoms in total. The van der Waals surface area contributed by atoms with E-state index >= 15 is 0 Å². The van der Waals surface area contributed by atoms with Crippen LogP contribution in [0.5, 0.6) is 0 Å². The molecule has 30 heavy (non-hydrogen) atoms. The molecule has 1 amide bonds. The topological polar surface area (TPSA) is 95.6 Å². The van der Waals surface area contributed by atoms with Crippen molar-refractivity contribution in [3.05, 3.63) is 41.2 Å². The summed E-state index contributed by atoms with van der Waals surface area (Å²) < 4.78 is 0. The predicted octanol–water partition coefficient (Wildman–Crippen LogP) is 4.33. The fourth-order valence-electron chi connectivity index (χ4n) is 4.06. The fourth-order valence-corrected chi connectivity index (χ4v) is 5.32. The number of carbonyl (C=O) groups excluding carboxylic acids is 1. The lowest BCUT2D eigenvalue weighted by atomic mass is 9.86. The first-order valence-corrected chi connectivity index (χ1v) is 11.0. The van der Waals surface area contributed by atoms with Gasteiger partial charge in [-0.3, -0.25) is 9.89 Å². The second-order valence-corrected chi connectivity index (χ2v) is 9.97. The monoisotopic (exact) mass is 420 g/mol. The summed E-state index contributed by atoms with van der Waals surface area (Å²) in [6.07, 6.45) is 5.88. The van der Waals surface area contributed by atoms with Crippen LogP contribution in [0.1, 0.15) is 37.6 Å². The Balaban J connectivity index is 1.46. The smallest absolute Gasteiger partial charge is 0.223 e. The van der Waals surface area contributed by atoms with Crippen LogP contribution in [-0.4, -0.2) is 31.6 Å². The largest absolute Gasteiger partial charge is 0.351 e. The average Bonchev–Trinajstić information content (AvgIpc) is 3.30. The highest BCUT2D eigenvalue weighted by Gasteiger charge is 2.30. The van der Waals surface area contributed by atoms with Crippen LogP contribution in [0.15, 0.2) is 30.7 Å². The van der Waals surface area contributed by atoms with E-state index in [0.717, 1.165) is 51.9 Å². The highest BCUT2D eigenvalue weighted by molar-refractivity contribution is 7.19. The molecule has 3 N–H and O–H groups in total. The van der Waals surface area contributed by atoms with E-state index in [1.54, 1.807) is 17.7 Å². The summed E-state index contributed by atoms with van der Waals surface area (Å²) in [4.78, 5) is 23.9. The van der Waals surface area contributed by atoms with E-state index in [4.69, 9.17) is 0 Å². The summed E-state index contributed by atoms with van der Waals surface area (Å²) in [5.74, 6) is 0.971. The Bertz CT molecular complexity index is 1250. The van der Waals surface area contributed by atoms with Crippen LogP contribution >= 0.6 is 11.3 Å². The molecule has 154 valence electrons. The molecule has 8 heteroatoms. The van der Waals surface area contributed by atoms with Crippen molar-refractivity contribution in [2.24, 2.45) is 5.92 Å². The quantitative estimate of drug-likeness (QED) is 0.458. The van der Waals surface area contributed by atoms with Gasteiger partial charge >= 0.3 is 0 Å². The van der Waals surface area contributed by atoms with Gasteiger partial charge in [0.05, 0.1) is 17.1 Å². The molecule has 1 aliphatic carbocycles. The van der Waals surface area contributed by atoms with Crippen LogP contribution in [0, 0.1) is 5.92 Å². The van der Waals surface area contributed by atoms with Crippen LogP contribution in [0.4, 0.5) is 11.5 Å². The zero-order valence-corrected chi connectivity index (χ0v) is 18.1. The lowest BCUT2D eigenvalue weighted by molar-refractivity contribution is -0.126. The van der Waals surface area contributed by atoms with Crippen LogP contribution < -0.4 is 10.6 Å². The number of aromatic amines is 1. The van der Waals surface area contributed by atoms with Gasteiger partial charge in [-0.15, -0.1) is 11.3 Å². The molecule has 1 aromatic carbocycles. The summed E-state index contributed by atoms with van der Waals surface area (Å²) in [6, 6.07) is 6.07. The van der Waals surface area contributed by atoms with E-state index in [9.17, 15) is 4.79 Å². The molecule has 1 atom stereocenters. The van der Waals surface area contributed by atoms with E-state index in [2.05, 4.69) is 36.9 Å². The summed E-state index contributed by atoms with van der Waals surface area (Å²) in [7, 11) is 0. The molecule has 0 radical (unpaired) electrons. The number of nitrogens with zero attached hydrogens (tertiary/aromatic N) is 3.